The zero-order valence-electron chi connectivity index (χ0n) is 14.6. The molecule has 0 aliphatic heterocycles. The predicted octanol–water partition coefficient (Wildman–Crippen LogP) is 3.96. The topological polar surface area (TPSA) is 76.1 Å². The number of nitrogens with zero attached hydrogens (tertiary/aromatic N) is 1. The first-order valence-electron chi connectivity index (χ1n) is 7.72. The molecule has 0 spiro atoms. The van der Waals surface area contributed by atoms with Crippen LogP contribution in [0.1, 0.15) is 11.1 Å². The van der Waals surface area contributed by atoms with Gasteiger partial charge in [0.05, 0.1) is 32.6 Å². The Labute approximate surface area is 145 Å². The third-order valence-corrected chi connectivity index (χ3v) is 3.97. The van der Waals surface area contributed by atoms with Gasteiger partial charge < -0.3 is 24.3 Å². The van der Waals surface area contributed by atoms with E-state index < -0.39 is 0 Å². The number of hydrogen-bond donors (Lipinski definition) is 2. The van der Waals surface area contributed by atoms with Gasteiger partial charge in [-0.15, -0.1) is 0 Å². The fourth-order valence-electron chi connectivity index (χ4n) is 2.72. The molecular weight excluding hydrogens is 320 g/mol. The zero-order valence-corrected chi connectivity index (χ0v) is 14.6. The second kappa shape index (κ2) is 6.76. The van der Waals surface area contributed by atoms with Crippen LogP contribution in [0.5, 0.6) is 23.1 Å². The van der Waals surface area contributed by atoms with Crippen LogP contribution in [0.3, 0.4) is 0 Å². The van der Waals surface area contributed by atoms with Crippen LogP contribution in [-0.2, 0) is 0 Å². The van der Waals surface area contributed by atoms with E-state index in [9.17, 15) is 5.11 Å². The summed E-state index contributed by atoms with van der Waals surface area (Å²) < 4.78 is 16.0. The maximum atomic E-state index is 10.2. The lowest BCUT2D eigenvalue weighted by molar-refractivity contribution is 0.324. The Kier molecular flexibility index (Phi) is 4.52. The number of aromatic amines is 1. The molecule has 0 bridgehead atoms. The molecular formula is C19H20N2O4. The summed E-state index contributed by atoms with van der Waals surface area (Å²) in [4.78, 5) is 7.41. The van der Waals surface area contributed by atoms with Gasteiger partial charge in [0.25, 0.3) is 0 Å². The van der Waals surface area contributed by atoms with E-state index in [4.69, 9.17) is 14.2 Å². The Balaban J connectivity index is 2.05. The fourth-order valence-corrected chi connectivity index (χ4v) is 2.72. The molecule has 0 unspecified atom stereocenters. The number of aromatic nitrogens is 1. The lowest BCUT2D eigenvalue weighted by atomic mass is 10.1. The monoisotopic (exact) mass is 340 g/mol. The molecule has 130 valence electrons. The van der Waals surface area contributed by atoms with Crippen molar-refractivity contribution in [1.29, 1.82) is 0 Å². The first-order chi connectivity index (χ1) is 12.1. The number of H-pyrrole nitrogens is 1. The highest BCUT2D eigenvalue weighted by Gasteiger charge is 2.13. The van der Waals surface area contributed by atoms with Gasteiger partial charge in [0.15, 0.2) is 17.4 Å². The molecule has 6 heteroatoms. The smallest absolute Gasteiger partial charge is 0.203 e. The Morgan fingerprint density at radius 2 is 1.68 bits per heavy atom. The molecule has 0 atom stereocenters. The molecule has 2 aromatic carbocycles. The number of methoxy groups -OCH3 is 3. The summed E-state index contributed by atoms with van der Waals surface area (Å²) in [6, 6.07) is 9.41. The van der Waals surface area contributed by atoms with Crippen LogP contribution in [0, 0.1) is 6.92 Å². The van der Waals surface area contributed by atoms with Crippen LogP contribution in [0.25, 0.3) is 10.9 Å². The predicted molar refractivity (Wildman–Crippen MR) is 98.1 cm³/mol. The molecule has 1 aromatic heterocycles. The highest BCUT2D eigenvalue weighted by Crippen LogP contribution is 2.41. The zero-order chi connectivity index (χ0) is 18.0. The van der Waals surface area contributed by atoms with Crippen molar-refractivity contribution in [1.82, 2.24) is 4.98 Å². The summed E-state index contributed by atoms with van der Waals surface area (Å²) in [5.74, 6) is 1.63. The van der Waals surface area contributed by atoms with Crippen molar-refractivity contribution >= 4 is 22.8 Å². The SMILES string of the molecule is COc1cc(N=Cc2c(O)[nH]c3ccc(C)cc23)cc(OC)c1OC. The van der Waals surface area contributed by atoms with Gasteiger partial charge in [-0.25, -0.2) is 0 Å². The third-order valence-electron chi connectivity index (χ3n) is 3.97. The van der Waals surface area contributed by atoms with E-state index in [0.717, 1.165) is 16.5 Å². The van der Waals surface area contributed by atoms with Crippen molar-refractivity contribution in [2.75, 3.05) is 21.3 Å². The number of aliphatic imine (C=N–C) groups is 1. The summed E-state index contributed by atoms with van der Waals surface area (Å²) >= 11 is 0. The molecule has 0 aliphatic rings. The molecule has 0 saturated carbocycles. The van der Waals surface area contributed by atoms with Gasteiger partial charge in [-0.2, -0.15) is 0 Å². The number of rotatable bonds is 5. The largest absolute Gasteiger partial charge is 0.494 e. The van der Waals surface area contributed by atoms with Crippen LogP contribution < -0.4 is 14.2 Å². The minimum atomic E-state index is 0.0804. The van der Waals surface area contributed by atoms with Crippen LogP contribution in [0.2, 0.25) is 0 Å². The maximum Gasteiger partial charge on any atom is 0.203 e. The van der Waals surface area contributed by atoms with Crippen molar-refractivity contribution in [2.24, 2.45) is 4.99 Å². The minimum absolute atomic E-state index is 0.0804. The van der Waals surface area contributed by atoms with Gasteiger partial charge in [0, 0.05) is 29.3 Å². The van der Waals surface area contributed by atoms with E-state index in [1.807, 2.05) is 25.1 Å². The van der Waals surface area contributed by atoms with Crippen LogP contribution in [-0.4, -0.2) is 37.6 Å². The number of nitrogens with one attached hydrogen (secondary N) is 1. The molecule has 0 fully saturated rings. The van der Waals surface area contributed by atoms with E-state index >= 15 is 0 Å². The van der Waals surface area contributed by atoms with Crippen molar-refractivity contribution in [3.8, 4) is 23.1 Å². The quantitative estimate of drug-likeness (QED) is 0.689. The van der Waals surface area contributed by atoms with Crippen LogP contribution in [0.15, 0.2) is 35.3 Å². The molecule has 3 rings (SSSR count). The van der Waals surface area contributed by atoms with Gasteiger partial charge in [-0.05, 0) is 19.1 Å². The summed E-state index contributed by atoms with van der Waals surface area (Å²) in [6.07, 6.45) is 1.62. The van der Waals surface area contributed by atoms with Crippen molar-refractivity contribution < 1.29 is 19.3 Å². The van der Waals surface area contributed by atoms with Crippen molar-refractivity contribution in [3.63, 3.8) is 0 Å². The Bertz CT molecular complexity index is 919. The van der Waals surface area contributed by atoms with Gasteiger partial charge in [-0.1, -0.05) is 11.6 Å². The highest BCUT2D eigenvalue weighted by atomic mass is 16.5. The van der Waals surface area contributed by atoms with E-state index in [1.54, 1.807) is 39.7 Å². The molecule has 3 aromatic rings. The normalized spacial score (nSPS) is 11.2. The number of aryl methyl sites for hydroxylation is 1. The minimum Gasteiger partial charge on any atom is -0.494 e. The highest BCUT2D eigenvalue weighted by molar-refractivity contribution is 6.02. The molecule has 0 aliphatic carbocycles. The molecule has 0 amide bonds. The van der Waals surface area contributed by atoms with E-state index in [0.29, 0.717) is 28.5 Å². The summed E-state index contributed by atoms with van der Waals surface area (Å²) in [5.41, 5.74) is 3.21. The second-order valence-electron chi connectivity index (χ2n) is 5.58. The Morgan fingerprint density at radius 1 is 1.00 bits per heavy atom. The van der Waals surface area contributed by atoms with Gasteiger partial charge in [0.1, 0.15) is 0 Å². The number of ether oxygens (including phenoxy) is 3. The Hall–Kier alpha value is -3.15. The van der Waals surface area contributed by atoms with Gasteiger partial charge >= 0.3 is 0 Å². The van der Waals surface area contributed by atoms with Gasteiger partial charge in [-0.3, -0.25) is 4.99 Å². The lowest BCUT2D eigenvalue weighted by Gasteiger charge is -2.12. The van der Waals surface area contributed by atoms with Crippen LogP contribution in [0.4, 0.5) is 5.69 Å². The van der Waals surface area contributed by atoms with Crippen molar-refractivity contribution in [2.45, 2.75) is 6.92 Å². The van der Waals surface area contributed by atoms with E-state index in [2.05, 4.69) is 9.98 Å². The molecule has 0 radical (unpaired) electrons. The van der Waals surface area contributed by atoms with Crippen LogP contribution >= 0.6 is 0 Å². The second-order valence-corrected chi connectivity index (χ2v) is 5.58. The molecule has 1 heterocycles. The lowest BCUT2D eigenvalue weighted by Crippen LogP contribution is -1.94. The van der Waals surface area contributed by atoms with Crippen molar-refractivity contribution in [3.05, 3.63) is 41.5 Å². The molecule has 25 heavy (non-hydrogen) atoms. The third kappa shape index (κ3) is 3.10. The summed E-state index contributed by atoms with van der Waals surface area (Å²) in [7, 11) is 4.66. The number of hydrogen-bond acceptors (Lipinski definition) is 5. The fraction of sp³-hybridized carbons (Fsp3) is 0.211. The average molecular weight is 340 g/mol. The number of aromatic hydroxyl groups is 1. The standard InChI is InChI=1S/C19H20N2O4/c1-11-5-6-15-13(7-11)14(19(22)21-15)10-20-12-8-16(23-2)18(25-4)17(9-12)24-3/h5-10,21-22H,1-4H3. The summed E-state index contributed by atoms with van der Waals surface area (Å²) in [5, 5.41) is 11.1. The number of fused-ring (bicyclic) bond motifs is 1. The van der Waals surface area contributed by atoms with E-state index in [1.165, 1.54) is 0 Å². The number of benzene rings is 2. The molecule has 0 saturated heterocycles. The molecule has 6 nitrogen and oxygen atoms in total. The first-order valence-corrected chi connectivity index (χ1v) is 7.72. The Morgan fingerprint density at radius 3 is 2.28 bits per heavy atom. The molecule has 2 N–H and O–H groups in total. The first kappa shape index (κ1) is 16.7. The van der Waals surface area contributed by atoms with Gasteiger partial charge in [0.2, 0.25) is 5.75 Å². The average Bonchev–Trinajstić information content (AvgIpc) is 2.93. The van der Waals surface area contributed by atoms with E-state index in [-0.39, 0.29) is 5.88 Å². The summed E-state index contributed by atoms with van der Waals surface area (Å²) in [6.45, 7) is 2.00. The maximum absolute atomic E-state index is 10.2.